The number of rotatable bonds is 5. The van der Waals surface area contributed by atoms with Gasteiger partial charge in [0.15, 0.2) is 0 Å². The molecule has 0 heterocycles. The van der Waals surface area contributed by atoms with Gasteiger partial charge < -0.3 is 22.1 Å². The van der Waals surface area contributed by atoms with Crippen molar-refractivity contribution in [2.45, 2.75) is 0 Å². The second-order valence-electron chi connectivity index (χ2n) is 3.44. The Morgan fingerprint density at radius 2 is 1.78 bits per heavy atom. The standard InChI is InChI=1S/C11H14N4O3/c12-5-9(16)14-6-10(17)15-8-4-2-1-3-7(8)11(13)18/h1-4H,5-6,12H2,(H2,13,18)(H,14,16)(H,15,17). The van der Waals surface area contributed by atoms with Crippen LogP contribution in [-0.2, 0) is 9.59 Å². The number of hydrogen-bond acceptors (Lipinski definition) is 4. The van der Waals surface area contributed by atoms with Gasteiger partial charge >= 0.3 is 0 Å². The van der Waals surface area contributed by atoms with Crippen LogP contribution in [0.4, 0.5) is 5.69 Å². The molecule has 1 rings (SSSR count). The van der Waals surface area contributed by atoms with Crippen LogP contribution in [-0.4, -0.2) is 30.8 Å². The first-order chi connectivity index (χ1) is 8.54. The Balaban J connectivity index is 2.65. The van der Waals surface area contributed by atoms with Crippen molar-refractivity contribution in [3.63, 3.8) is 0 Å². The van der Waals surface area contributed by atoms with E-state index in [-0.39, 0.29) is 18.7 Å². The van der Waals surface area contributed by atoms with E-state index in [0.29, 0.717) is 5.69 Å². The summed E-state index contributed by atoms with van der Waals surface area (Å²) in [5, 5.41) is 4.78. The van der Waals surface area contributed by atoms with E-state index in [1.807, 2.05) is 0 Å². The van der Waals surface area contributed by atoms with Crippen LogP contribution < -0.4 is 22.1 Å². The van der Waals surface area contributed by atoms with Gasteiger partial charge in [0.1, 0.15) is 0 Å². The monoisotopic (exact) mass is 250 g/mol. The van der Waals surface area contributed by atoms with Gasteiger partial charge in [-0.05, 0) is 12.1 Å². The Bertz CT molecular complexity index is 473. The van der Waals surface area contributed by atoms with Gasteiger partial charge in [0.05, 0.1) is 24.3 Å². The Hall–Kier alpha value is -2.41. The number of carbonyl (C=O) groups is 3. The molecule has 6 N–H and O–H groups in total. The lowest BCUT2D eigenvalue weighted by molar-refractivity contribution is -0.123. The first-order valence-electron chi connectivity index (χ1n) is 5.20. The number of carbonyl (C=O) groups excluding carboxylic acids is 3. The fourth-order valence-electron chi connectivity index (χ4n) is 1.25. The molecule has 0 atom stereocenters. The van der Waals surface area contributed by atoms with E-state index in [4.69, 9.17) is 11.5 Å². The van der Waals surface area contributed by atoms with E-state index in [1.165, 1.54) is 6.07 Å². The lowest BCUT2D eigenvalue weighted by atomic mass is 10.1. The van der Waals surface area contributed by atoms with Gasteiger partial charge in [0, 0.05) is 0 Å². The van der Waals surface area contributed by atoms with Crippen molar-refractivity contribution in [1.82, 2.24) is 5.32 Å². The largest absolute Gasteiger partial charge is 0.366 e. The van der Waals surface area contributed by atoms with Gasteiger partial charge in [-0.15, -0.1) is 0 Å². The highest BCUT2D eigenvalue weighted by atomic mass is 16.2. The molecule has 0 aliphatic carbocycles. The van der Waals surface area contributed by atoms with Crippen molar-refractivity contribution in [3.8, 4) is 0 Å². The number of primary amides is 1. The fraction of sp³-hybridized carbons (Fsp3) is 0.182. The van der Waals surface area contributed by atoms with Crippen LogP contribution in [0, 0.1) is 0 Å². The third-order valence-electron chi connectivity index (χ3n) is 2.10. The third kappa shape index (κ3) is 3.87. The van der Waals surface area contributed by atoms with E-state index < -0.39 is 17.7 Å². The van der Waals surface area contributed by atoms with Gasteiger partial charge in [-0.3, -0.25) is 14.4 Å². The summed E-state index contributed by atoms with van der Waals surface area (Å²) >= 11 is 0. The molecular formula is C11H14N4O3. The highest BCUT2D eigenvalue weighted by Gasteiger charge is 2.10. The van der Waals surface area contributed by atoms with Crippen LogP contribution in [0.25, 0.3) is 0 Å². The van der Waals surface area contributed by atoms with Crippen LogP contribution in [0.15, 0.2) is 24.3 Å². The quantitative estimate of drug-likeness (QED) is 0.523. The van der Waals surface area contributed by atoms with Crippen molar-refractivity contribution >= 4 is 23.4 Å². The summed E-state index contributed by atoms with van der Waals surface area (Å²) in [5.41, 5.74) is 10.7. The first kappa shape index (κ1) is 13.7. The third-order valence-corrected chi connectivity index (χ3v) is 2.10. The van der Waals surface area contributed by atoms with Crippen LogP contribution in [0.1, 0.15) is 10.4 Å². The van der Waals surface area contributed by atoms with Gasteiger partial charge in [0.25, 0.3) is 5.91 Å². The van der Waals surface area contributed by atoms with Crippen molar-refractivity contribution in [3.05, 3.63) is 29.8 Å². The molecule has 1 aromatic rings. The molecule has 3 amide bonds. The second kappa shape index (κ2) is 6.36. The molecule has 0 unspecified atom stereocenters. The SMILES string of the molecule is NCC(=O)NCC(=O)Nc1ccccc1C(N)=O. The highest BCUT2D eigenvalue weighted by molar-refractivity contribution is 6.03. The molecular weight excluding hydrogens is 236 g/mol. The lowest BCUT2D eigenvalue weighted by Crippen LogP contribution is -2.36. The van der Waals surface area contributed by atoms with Gasteiger partial charge in [-0.2, -0.15) is 0 Å². The Morgan fingerprint density at radius 1 is 1.11 bits per heavy atom. The molecule has 0 saturated heterocycles. The van der Waals surface area contributed by atoms with E-state index >= 15 is 0 Å². The maximum absolute atomic E-state index is 11.5. The molecule has 18 heavy (non-hydrogen) atoms. The summed E-state index contributed by atoms with van der Waals surface area (Å²) in [6.45, 7) is -0.408. The molecule has 0 fully saturated rings. The van der Waals surface area contributed by atoms with E-state index in [2.05, 4.69) is 10.6 Å². The number of para-hydroxylation sites is 1. The van der Waals surface area contributed by atoms with E-state index in [9.17, 15) is 14.4 Å². The summed E-state index contributed by atoms with van der Waals surface area (Å²) in [6.07, 6.45) is 0. The van der Waals surface area contributed by atoms with Crippen LogP contribution in [0.3, 0.4) is 0 Å². The smallest absolute Gasteiger partial charge is 0.250 e. The fourth-order valence-corrected chi connectivity index (χ4v) is 1.25. The summed E-state index contributed by atoms with van der Waals surface area (Å²) in [4.78, 5) is 33.4. The Kier molecular flexibility index (Phi) is 4.82. The molecule has 7 nitrogen and oxygen atoms in total. The zero-order chi connectivity index (χ0) is 13.5. The van der Waals surface area contributed by atoms with Gasteiger partial charge in [-0.1, -0.05) is 12.1 Å². The lowest BCUT2D eigenvalue weighted by Gasteiger charge is -2.09. The molecule has 96 valence electrons. The molecule has 0 bridgehead atoms. The summed E-state index contributed by atoms with van der Waals surface area (Å²) in [5.74, 6) is -1.55. The number of hydrogen-bond donors (Lipinski definition) is 4. The minimum absolute atomic E-state index is 0.189. The Morgan fingerprint density at radius 3 is 2.39 bits per heavy atom. The predicted molar refractivity (Wildman–Crippen MR) is 65.7 cm³/mol. The van der Waals surface area contributed by atoms with Gasteiger partial charge in [0.2, 0.25) is 11.8 Å². The van der Waals surface area contributed by atoms with Crippen molar-refractivity contribution in [2.75, 3.05) is 18.4 Å². The summed E-state index contributed by atoms with van der Waals surface area (Å²) in [6, 6.07) is 6.33. The number of amides is 3. The highest BCUT2D eigenvalue weighted by Crippen LogP contribution is 2.13. The molecule has 0 aliphatic rings. The zero-order valence-electron chi connectivity index (χ0n) is 9.60. The minimum Gasteiger partial charge on any atom is -0.366 e. The van der Waals surface area contributed by atoms with Crippen molar-refractivity contribution < 1.29 is 14.4 Å². The topological polar surface area (TPSA) is 127 Å². The molecule has 0 aliphatic heterocycles. The number of nitrogens with one attached hydrogen (secondary N) is 2. The van der Waals surface area contributed by atoms with Gasteiger partial charge in [-0.25, -0.2) is 0 Å². The van der Waals surface area contributed by atoms with E-state index in [1.54, 1.807) is 18.2 Å². The molecule has 0 aromatic heterocycles. The number of benzene rings is 1. The molecule has 0 radical (unpaired) electrons. The van der Waals surface area contributed by atoms with Crippen molar-refractivity contribution in [1.29, 1.82) is 0 Å². The predicted octanol–water partition coefficient (Wildman–Crippen LogP) is -1.20. The molecule has 0 saturated carbocycles. The average molecular weight is 250 g/mol. The second-order valence-corrected chi connectivity index (χ2v) is 3.44. The normalized spacial score (nSPS) is 9.61. The average Bonchev–Trinajstić information content (AvgIpc) is 2.36. The summed E-state index contributed by atoms with van der Waals surface area (Å²) < 4.78 is 0. The van der Waals surface area contributed by atoms with Crippen LogP contribution in [0.2, 0.25) is 0 Å². The summed E-state index contributed by atoms with van der Waals surface area (Å²) in [7, 11) is 0. The minimum atomic E-state index is -0.642. The molecule has 7 heteroatoms. The molecule has 1 aromatic carbocycles. The van der Waals surface area contributed by atoms with E-state index in [0.717, 1.165) is 0 Å². The van der Waals surface area contributed by atoms with Crippen LogP contribution in [0.5, 0.6) is 0 Å². The Labute approximate surface area is 104 Å². The van der Waals surface area contributed by atoms with Crippen LogP contribution >= 0.6 is 0 Å². The number of anilines is 1. The molecule has 0 spiro atoms. The maximum Gasteiger partial charge on any atom is 0.250 e. The zero-order valence-corrected chi connectivity index (χ0v) is 9.60. The van der Waals surface area contributed by atoms with Crippen molar-refractivity contribution in [2.24, 2.45) is 11.5 Å². The number of nitrogens with two attached hydrogens (primary N) is 2. The maximum atomic E-state index is 11.5. The first-order valence-corrected chi connectivity index (χ1v) is 5.20.